The van der Waals surface area contributed by atoms with Crippen molar-refractivity contribution in [3.8, 4) is 0 Å². The van der Waals surface area contributed by atoms with Gasteiger partial charge in [-0.05, 0) is 39.9 Å². The van der Waals surface area contributed by atoms with Crippen LogP contribution in [-0.4, -0.2) is 5.11 Å². The maximum Gasteiger partial charge on any atom is 0.143 e. The van der Waals surface area contributed by atoms with E-state index in [1.165, 1.54) is 0 Å². The van der Waals surface area contributed by atoms with Gasteiger partial charge in [-0.2, -0.15) is 0 Å². The molecule has 1 nitrogen and oxygen atoms in total. The number of benzene rings is 1. The van der Waals surface area contributed by atoms with Gasteiger partial charge in [0.1, 0.15) is 5.82 Å². The topological polar surface area (TPSA) is 20.2 Å². The first-order valence-electron chi connectivity index (χ1n) is 5.58. The molecule has 0 bridgehead atoms. The van der Waals surface area contributed by atoms with Crippen molar-refractivity contribution >= 4 is 31.9 Å². The Bertz CT molecular complexity index is 408. The fourth-order valence-corrected chi connectivity index (χ4v) is 3.36. The van der Waals surface area contributed by atoms with Crippen molar-refractivity contribution in [2.75, 3.05) is 0 Å². The monoisotopic (exact) mass is 366 g/mol. The fraction of sp³-hybridized carbons (Fsp3) is 0.538. The van der Waals surface area contributed by atoms with E-state index in [4.69, 9.17) is 0 Å². The summed E-state index contributed by atoms with van der Waals surface area (Å²) < 4.78 is 15.3. The van der Waals surface area contributed by atoms with E-state index in [9.17, 15) is 9.50 Å². The van der Waals surface area contributed by atoms with Crippen LogP contribution < -0.4 is 0 Å². The molecule has 0 spiro atoms. The summed E-state index contributed by atoms with van der Waals surface area (Å²) in [6.45, 7) is 7.59. The minimum atomic E-state index is -1.17. The first kappa shape index (κ1) is 15.1. The highest BCUT2D eigenvalue weighted by Gasteiger charge is 2.39. The summed E-state index contributed by atoms with van der Waals surface area (Å²) in [6, 6.07) is 3.29. The van der Waals surface area contributed by atoms with Crippen LogP contribution in [0.3, 0.4) is 0 Å². The Hall–Kier alpha value is 0.0700. The lowest BCUT2D eigenvalue weighted by Crippen LogP contribution is -2.38. The highest BCUT2D eigenvalue weighted by atomic mass is 79.9. The molecule has 0 aliphatic rings. The van der Waals surface area contributed by atoms with E-state index in [0.717, 1.165) is 4.47 Å². The van der Waals surface area contributed by atoms with Crippen LogP contribution in [-0.2, 0) is 5.60 Å². The molecule has 0 heterocycles. The van der Waals surface area contributed by atoms with Crippen molar-refractivity contribution in [3.05, 3.63) is 32.5 Å². The number of hydrogen-bond donors (Lipinski definition) is 1. The van der Waals surface area contributed by atoms with Crippen molar-refractivity contribution in [3.63, 3.8) is 0 Å². The van der Waals surface area contributed by atoms with Crippen LogP contribution in [0.2, 0.25) is 0 Å². The molecule has 1 aromatic rings. The standard InChI is InChI=1S/C13H17Br2FO/c1-7(2)13(17,8(3)4)10-5-9(14)6-11(15)12(10)16/h5-8,17H,1-4H3. The third kappa shape index (κ3) is 2.74. The average molecular weight is 368 g/mol. The van der Waals surface area contributed by atoms with Gasteiger partial charge in [0, 0.05) is 10.0 Å². The highest BCUT2D eigenvalue weighted by molar-refractivity contribution is 9.11. The van der Waals surface area contributed by atoms with E-state index in [-0.39, 0.29) is 11.8 Å². The fourth-order valence-electron chi connectivity index (χ4n) is 2.14. The van der Waals surface area contributed by atoms with Crippen molar-refractivity contribution in [1.82, 2.24) is 0 Å². The quantitative estimate of drug-likeness (QED) is 0.757. The van der Waals surface area contributed by atoms with Gasteiger partial charge in [-0.3, -0.25) is 0 Å². The van der Waals surface area contributed by atoms with Crippen LogP contribution in [0.4, 0.5) is 4.39 Å². The lowest BCUT2D eigenvalue weighted by molar-refractivity contribution is -0.0560. The van der Waals surface area contributed by atoms with E-state index in [2.05, 4.69) is 31.9 Å². The van der Waals surface area contributed by atoms with Gasteiger partial charge in [0.05, 0.1) is 10.1 Å². The third-order valence-corrected chi connectivity index (χ3v) is 4.22. The molecule has 0 atom stereocenters. The Kier molecular flexibility index (Phi) is 4.78. The summed E-state index contributed by atoms with van der Waals surface area (Å²) in [6.07, 6.45) is 0. The molecule has 1 aromatic carbocycles. The van der Waals surface area contributed by atoms with Crippen LogP contribution in [0.5, 0.6) is 0 Å². The molecule has 0 radical (unpaired) electrons. The van der Waals surface area contributed by atoms with Crippen LogP contribution in [0, 0.1) is 17.7 Å². The number of rotatable bonds is 3. The Morgan fingerprint density at radius 1 is 1.12 bits per heavy atom. The van der Waals surface area contributed by atoms with Gasteiger partial charge >= 0.3 is 0 Å². The second-order valence-electron chi connectivity index (χ2n) is 4.88. The minimum absolute atomic E-state index is 0.0711. The van der Waals surface area contributed by atoms with Crippen LogP contribution in [0.1, 0.15) is 33.3 Å². The molecule has 4 heteroatoms. The molecular weight excluding hydrogens is 351 g/mol. The first-order valence-corrected chi connectivity index (χ1v) is 7.17. The van der Waals surface area contributed by atoms with E-state index in [1.807, 2.05) is 27.7 Å². The summed E-state index contributed by atoms with van der Waals surface area (Å²) in [4.78, 5) is 0. The molecule has 0 fully saturated rings. The van der Waals surface area contributed by atoms with Gasteiger partial charge in [-0.15, -0.1) is 0 Å². The zero-order chi connectivity index (χ0) is 13.4. The van der Waals surface area contributed by atoms with Gasteiger partial charge < -0.3 is 5.11 Å². The number of halogens is 3. The SMILES string of the molecule is CC(C)C(O)(c1cc(Br)cc(Br)c1F)C(C)C. The second kappa shape index (κ2) is 5.37. The number of hydrogen-bond acceptors (Lipinski definition) is 1. The summed E-state index contributed by atoms with van der Waals surface area (Å²) in [7, 11) is 0. The minimum Gasteiger partial charge on any atom is -0.385 e. The van der Waals surface area contributed by atoms with Gasteiger partial charge in [0.25, 0.3) is 0 Å². The Labute approximate surface area is 119 Å². The Morgan fingerprint density at radius 3 is 2.00 bits per heavy atom. The summed E-state index contributed by atoms with van der Waals surface area (Å²) in [5.41, 5.74) is -0.833. The molecule has 96 valence electrons. The van der Waals surface area contributed by atoms with Crippen molar-refractivity contribution in [2.45, 2.75) is 33.3 Å². The summed E-state index contributed by atoms with van der Waals surface area (Å²) in [5, 5.41) is 10.8. The maximum atomic E-state index is 14.2. The van der Waals surface area contributed by atoms with Gasteiger partial charge in [0.2, 0.25) is 0 Å². The lowest BCUT2D eigenvalue weighted by Gasteiger charge is -2.37. The maximum absolute atomic E-state index is 14.2. The van der Waals surface area contributed by atoms with Crippen molar-refractivity contribution in [1.29, 1.82) is 0 Å². The average Bonchev–Trinajstić information content (AvgIpc) is 2.21. The van der Waals surface area contributed by atoms with Gasteiger partial charge in [-0.1, -0.05) is 43.6 Å². The normalized spacial score (nSPS) is 12.6. The smallest absolute Gasteiger partial charge is 0.143 e. The molecule has 0 saturated carbocycles. The predicted molar refractivity (Wildman–Crippen MR) is 75.4 cm³/mol. The van der Waals surface area contributed by atoms with Crippen LogP contribution in [0.25, 0.3) is 0 Å². The highest BCUT2D eigenvalue weighted by Crippen LogP contribution is 2.40. The lowest BCUT2D eigenvalue weighted by atomic mass is 9.75. The second-order valence-corrected chi connectivity index (χ2v) is 6.65. The number of aliphatic hydroxyl groups is 1. The zero-order valence-electron chi connectivity index (χ0n) is 10.4. The van der Waals surface area contributed by atoms with E-state index in [1.54, 1.807) is 12.1 Å². The molecule has 0 saturated heterocycles. The summed E-state index contributed by atoms with van der Waals surface area (Å²) >= 11 is 6.50. The molecule has 0 aliphatic heterocycles. The van der Waals surface area contributed by atoms with Crippen LogP contribution in [0.15, 0.2) is 21.1 Å². The first-order chi connectivity index (χ1) is 7.71. The molecule has 0 unspecified atom stereocenters. The largest absolute Gasteiger partial charge is 0.385 e. The molecule has 0 aromatic heterocycles. The zero-order valence-corrected chi connectivity index (χ0v) is 13.6. The van der Waals surface area contributed by atoms with E-state index < -0.39 is 11.4 Å². The van der Waals surface area contributed by atoms with Crippen molar-refractivity contribution in [2.24, 2.45) is 11.8 Å². The van der Waals surface area contributed by atoms with Gasteiger partial charge in [0.15, 0.2) is 0 Å². The molecule has 0 amide bonds. The molecular formula is C13H17Br2FO. The van der Waals surface area contributed by atoms with E-state index in [0.29, 0.717) is 10.0 Å². The van der Waals surface area contributed by atoms with Crippen molar-refractivity contribution < 1.29 is 9.50 Å². The summed E-state index contributed by atoms with van der Waals surface area (Å²) in [5.74, 6) is -0.533. The van der Waals surface area contributed by atoms with Gasteiger partial charge in [-0.25, -0.2) is 4.39 Å². The molecule has 17 heavy (non-hydrogen) atoms. The Balaban J connectivity index is 3.49. The predicted octanol–water partition coefficient (Wildman–Crippen LogP) is 4.85. The Morgan fingerprint density at radius 2 is 1.59 bits per heavy atom. The molecule has 1 rings (SSSR count). The van der Waals surface area contributed by atoms with Crippen LogP contribution >= 0.6 is 31.9 Å². The van der Waals surface area contributed by atoms with E-state index >= 15 is 0 Å². The third-order valence-electron chi connectivity index (χ3n) is 3.18. The molecule has 1 N–H and O–H groups in total. The molecule has 0 aliphatic carbocycles.